The molecule has 4 aliphatic carbocycles. The molecule has 6 rings (SSSR count). The van der Waals surface area contributed by atoms with Crippen molar-refractivity contribution >= 4 is 15.4 Å². The first-order valence-corrected chi connectivity index (χ1v) is 22.8. The van der Waals surface area contributed by atoms with E-state index in [1.807, 2.05) is 6.92 Å². The third kappa shape index (κ3) is 7.04. The highest BCUT2D eigenvalue weighted by atomic mass is 32.2. The van der Waals surface area contributed by atoms with Crippen LogP contribution in [-0.2, 0) is 25.9 Å². The van der Waals surface area contributed by atoms with Gasteiger partial charge in [0.1, 0.15) is 0 Å². The first-order valence-electron chi connectivity index (χ1n) is 21.0. The fourth-order valence-corrected chi connectivity index (χ4v) is 15.2. The first-order chi connectivity index (χ1) is 24.8. The van der Waals surface area contributed by atoms with Gasteiger partial charge >= 0.3 is 0 Å². The number of methoxy groups -OCH3 is 2. The van der Waals surface area contributed by atoms with Gasteiger partial charge in [-0.1, -0.05) is 78.8 Å². The predicted octanol–water partition coefficient (Wildman–Crippen LogP) is 8.01. The maximum absolute atomic E-state index is 12.1. The van der Waals surface area contributed by atoms with Crippen LogP contribution in [0.3, 0.4) is 0 Å². The molecule has 3 saturated carbocycles. The van der Waals surface area contributed by atoms with Gasteiger partial charge in [-0.05, 0) is 126 Å². The van der Waals surface area contributed by atoms with Crippen molar-refractivity contribution in [2.75, 3.05) is 58.5 Å². The van der Waals surface area contributed by atoms with Crippen LogP contribution in [0.15, 0.2) is 30.3 Å². The van der Waals surface area contributed by atoms with Gasteiger partial charge < -0.3 is 24.8 Å². The molecule has 10 unspecified atom stereocenters. The summed E-state index contributed by atoms with van der Waals surface area (Å²) in [6, 6.07) is 9.10. The summed E-state index contributed by atoms with van der Waals surface area (Å²) < 4.78 is 35.3. The Morgan fingerprint density at radius 2 is 1.62 bits per heavy atom. The van der Waals surface area contributed by atoms with Crippen LogP contribution in [0.4, 0.5) is 0 Å². The van der Waals surface area contributed by atoms with E-state index in [2.05, 4.69) is 89.0 Å². The number of sulfone groups is 1. The van der Waals surface area contributed by atoms with Crippen LogP contribution in [-0.4, -0.2) is 88.1 Å². The van der Waals surface area contributed by atoms with E-state index in [-0.39, 0.29) is 50.5 Å². The number of hydrogen-bond donors (Lipinski definition) is 2. The average Bonchev–Trinajstić information content (AvgIpc) is 3.09. The summed E-state index contributed by atoms with van der Waals surface area (Å²) in [6.45, 7) is 23.7. The van der Waals surface area contributed by atoms with Crippen molar-refractivity contribution in [1.29, 1.82) is 0 Å². The molecule has 300 valence electrons. The molecule has 8 heteroatoms. The molecule has 0 spiro atoms. The van der Waals surface area contributed by atoms with Crippen molar-refractivity contribution in [3.8, 4) is 0 Å². The predicted molar refractivity (Wildman–Crippen MR) is 217 cm³/mol. The molecule has 0 bridgehead atoms. The van der Waals surface area contributed by atoms with Gasteiger partial charge in [-0.2, -0.15) is 0 Å². The zero-order valence-corrected chi connectivity index (χ0v) is 35.8. The molecule has 7 nitrogen and oxygen atoms in total. The third-order valence-corrected chi connectivity index (χ3v) is 18.8. The molecule has 2 N–H and O–H groups in total. The van der Waals surface area contributed by atoms with Crippen molar-refractivity contribution in [3.05, 3.63) is 41.5 Å². The quantitative estimate of drug-likeness (QED) is 0.224. The lowest BCUT2D eigenvalue weighted by atomic mass is 9.32. The summed E-state index contributed by atoms with van der Waals surface area (Å²) in [7, 11) is 0.573. The van der Waals surface area contributed by atoms with E-state index >= 15 is 0 Å². The molecule has 0 radical (unpaired) electrons. The summed E-state index contributed by atoms with van der Waals surface area (Å²) in [6.07, 6.45) is 12.0. The molecular formula is C45H74N2O5S. The lowest BCUT2D eigenvalue weighted by Gasteiger charge is -2.73. The normalized spacial score (nSPS) is 39.9. The summed E-state index contributed by atoms with van der Waals surface area (Å²) >= 11 is 0. The Balaban J connectivity index is 1.30. The van der Waals surface area contributed by atoms with E-state index in [0.29, 0.717) is 44.1 Å². The Morgan fingerprint density at radius 3 is 2.25 bits per heavy atom. The maximum atomic E-state index is 12.1. The van der Waals surface area contributed by atoms with Gasteiger partial charge in [0.15, 0.2) is 9.84 Å². The second kappa shape index (κ2) is 14.9. The Labute approximate surface area is 323 Å². The Kier molecular flexibility index (Phi) is 11.6. The highest BCUT2D eigenvalue weighted by molar-refractivity contribution is 7.91. The summed E-state index contributed by atoms with van der Waals surface area (Å²) in [5.41, 5.74) is 3.72. The van der Waals surface area contributed by atoms with Crippen LogP contribution < -0.4 is 5.32 Å². The monoisotopic (exact) mass is 755 g/mol. The number of benzene rings is 1. The molecule has 10 atom stereocenters. The van der Waals surface area contributed by atoms with Crippen LogP contribution >= 0.6 is 0 Å². The number of nitrogens with one attached hydrogen (secondary N) is 1. The first kappa shape index (κ1) is 41.3. The van der Waals surface area contributed by atoms with Crippen LogP contribution in [0.5, 0.6) is 0 Å². The number of rotatable bonds is 12. The van der Waals surface area contributed by atoms with Crippen molar-refractivity contribution < 1.29 is 23.0 Å². The number of fused-ring (bicyclic) bond motifs is 5. The van der Waals surface area contributed by atoms with Gasteiger partial charge in [0, 0.05) is 45.9 Å². The zero-order valence-electron chi connectivity index (χ0n) is 35.0. The van der Waals surface area contributed by atoms with Crippen molar-refractivity contribution in [2.24, 2.45) is 51.2 Å². The van der Waals surface area contributed by atoms with E-state index in [0.717, 1.165) is 32.4 Å². The standard InChI is InChI=1S/C45H74N2O5S/c1-11-45(46-24-25-47-26-28-53(49,50)29-27-47)23-22-42(6)36(39(45)32(2)44(8,48)31-52-10)16-17-38-41(5)20-18-35(34-14-12-33(13-15-34)30-51-9)40(3,4)37(41)19-21-43(38,42)7/h12-15,18,32,36-39,46,48H,11,16-17,19-31H2,1-10H3. The smallest absolute Gasteiger partial charge is 0.152 e. The van der Waals surface area contributed by atoms with E-state index < -0.39 is 15.4 Å². The SMILES string of the molecule is CCC1(NCCN2CCS(=O)(=O)CC2)CCC2(C)C(CCC3C4(C)CC=C(c5ccc(COC)cc5)C(C)(C)C4CCC32C)C1C(C)C(C)(O)COC. The molecular weight excluding hydrogens is 681 g/mol. The minimum atomic E-state index is -2.90. The van der Waals surface area contributed by atoms with E-state index in [9.17, 15) is 13.5 Å². The lowest BCUT2D eigenvalue weighted by Crippen LogP contribution is -2.70. The molecule has 1 aromatic rings. The van der Waals surface area contributed by atoms with Gasteiger partial charge in [-0.25, -0.2) is 8.42 Å². The zero-order chi connectivity index (χ0) is 38.7. The Hall–Kier alpha value is -1.29. The highest BCUT2D eigenvalue weighted by Gasteiger charge is 2.69. The summed E-state index contributed by atoms with van der Waals surface area (Å²) in [5, 5.41) is 16.3. The van der Waals surface area contributed by atoms with E-state index in [4.69, 9.17) is 9.47 Å². The molecule has 1 aromatic carbocycles. The van der Waals surface area contributed by atoms with Crippen LogP contribution in [0.1, 0.15) is 118 Å². The molecule has 1 heterocycles. The van der Waals surface area contributed by atoms with E-state index in [1.54, 1.807) is 14.2 Å². The molecule has 1 saturated heterocycles. The fourth-order valence-electron chi connectivity index (χ4n) is 13.9. The second-order valence-corrected chi connectivity index (χ2v) is 22.2. The summed E-state index contributed by atoms with van der Waals surface area (Å²) in [4.78, 5) is 2.32. The lowest BCUT2D eigenvalue weighted by molar-refractivity contribution is -0.234. The average molecular weight is 755 g/mol. The van der Waals surface area contributed by atoms with E-state index in [1.165, 1.54) is 48.8 Å². The van der Waals surface area contributed by atoms with Crippen molar-refractivity contribution in [2.45, 2.75) is 125 Å². The molecule has 53 heavy (non-hydrogen) atoms. The van der Waals surface area contributed by atoms with Gasteiger partial charge in [0.05, 0.1) is 30.3 Å². The van der Waals surface area contributed by atoms with Crippen molar-refractivity contribution in [1.82, 2.24) is 10.2 Å². The Morgan fingerprint density at radius 1 is 0.943 bits per heavy atom. The fraction of sp³-hybridized carbons (Fsp3) is 0.822. The van der Waals surface area contributed by atoms with Gasteiger partial charge in [-0.3, -0.25) is 0 Å². The largest absolute Gasteiger partial charge is 0.387 e. The van der Waals surface area contributed by atoms with Gasteiger partial charge in [0.25, 0.3) is 0 Å². The Bertz CT molecular complexity index is 1580. The maximum Gasteiger partial charge on any atom is 0.152 e. The van der Waals surface area contributed by atoms with Crippen LogP contribution in [0.2, 0.25) is 0 Å². The molecule has 5 aliphatic rings. The number of allylic oxidation sites excluding steroid dienone is 2. The molecule has 0 aromatic heterocycles. The summed E-state index contributed by atoms with van der Waals surface area (Å²) in [5.74, 6) is 2.61. The minimum absolute atomic E-state index is 0.0427. The van der Waals surface area contributed by atoms with Crippen LogP contribution in [0.25, 0.3) is 5.57 Å². The number of nitrogens with zero attached hydrogens (tertiary/aromatic N) is 1. The highest BCUT2D eigenvalue weighted by Crippen LogP contribution is 2.76. The minimum Gasteiger partial charge on any atom is -0.387 e. The third-order valence-electron chi connectivity index (χ3n) is 17.2. The van der Waals surface area contributed by atoms with Crippen molar-refractivity contribution in [3.63, 3.8) is 0 Å². The van der Waals surface area contributed by atoms with Crippen LogP contribution in [0, 0.1) is 51.2 Å². The number of hydrogen-bond acceptors (Lipinski definition) is 7. The molecule has 0 amide bonds. The van der Waals surface area contributed by atoms with Gasteiger partial charge in [0.2, 0.25) is 0 Å². The molecule has 1 aliphatic heterocycles. The topological polar surface area (TPSA) is 88.1 Å². The second-order valence-electron chi connectivity index (χ2n) is 19.9. The van der Waals surface area contributed by atoms with Gasteiger partial charge in [-0.15, -0.1) is 0 Å². The molecule has 4 fully saturated rings. The number of ether oxygens (including phenoxy) is 2. The number of aliphatic hydroxyl groups is 1.